The van der Waals surface area contributed by atoms with E-state index in [0.29, 0.717) is 61.8 Å². The van der Waals surface area contributed by atoms with Crippen molar-refractivity contribution in [3.63, 3.8) is 0 Å². The molecule has 243 valence electrons. The van der Waals surface area contributed by atoms with Gasteiger partial charge in [0.25, 0.3) is 0 Å². The van der Waals surface area contributed by atoms with Gasteiger partial charge in [0.15, 0.2) is 13.5 Å². The van der Waals surface area contributed by atoms with Gasteiger partial charge in [-0.2, -0.15) is 10.4 Å². The molecule has 14 heteroatoms. The number of aromatic nitrogens is 4. The summed E-state index contributed by atoms with van der Waals surface area (Å²) in [6, 6.07) is 9.56. The van der Waals surface area contributed by atoms with Gasteiger partial charge in [0.05, 0.1) is 17.8 Å². The third kappa shape index (κ3) is 7.00. The summed E-state index contributed by atoms with van der Waals surface area (Å²) >= 11 is 6.26. The average molecular weight is 664 g/mol. The SMILES string of the molecule is CN1CCC(F)(Cn2nc(Cl)cc2Nc2nccc(-c3cc(C#N)c4c(c3)[C@@](C)(CO[Si](C)(C)C(C)(C)C)CN4[B]C=O)n2)CC1. The molecule has 10 nitrogen and oxygen atoms in total. The summed E-state index contributed by atoms with van der Waals surface area (Å²) in [6.07, 6.45) is 3.20. The van der Waals surface area contributed by atoms with E-state index in [1.54, 1.807) is 29.1 Å². The molecule has 0 aliphatic carbocycles. The summed E-state index contributed by atoms with van der Waals surface area (Å²) in [6.45, 7) is 15.5. The number of piperidine rings is 1. The van der Waals surface area contributed by atoms with Crippen LogP contribution in [0, 0.1) is 11.3 Å². The van der Waals surface area contributed by atoms with Crippen molar-refractivity contribution >= 4 is 51.0 Å². The van der Waals surface area contributed by atoms with Gasteiger partial charge < -0.3 is 24.2 Å². The molecular formula is C32H42BClFN8O2Si. The van der Waals surface area contributed by atoms with Crippen molar-refractivity contribution < 1.29 is 13.6 Å². The number of benzene rings is 1. The fourth-order valence-corrected chi connectivity index (χ4v) is 7.11. The van der Waals surface area contributed by atoms with Gasteiger partial charge in [-0.1, -0.05) is 39.3 Å². The smallest absolute Gasteiger partial charge is 0.329 e. The first kappa shape index (κ1) is 34.0. The molecule has 1 saturated heterocycles. The average Bonchev–Trinajstić information content (AvgIpc) is 3.48. The quantitative estimate of drug-likeness (QED) is 0.208. The Hall–Kier alpha value is -3.31. The summed E-state index contributed by atoms with van der Waals surface area (Å²) in [4.78, 5) is 24.7. The second-order valence-corrected chi connectivity index (χ2v) is 19.6. The van der Waals surface area contributed by atoms with Gasteiger partial charge in [-0.15, -0.1) is 0 Å². The first-order valence-corrected chi connectivity index (χ1v) is 18.8. The molecule has 1 atom stereocenters. The molecule has 1 aromatic carbocycles. The van der Waals surface area contributed by atoms with Gasteiger partial charge in [-0.25, -0.2) is 19.0 Å². The second-order valence-electron chi connectivity index (χ2n) is 14.4. The number of fused-ring (bicyclic) bond motifs is 1. The van der Waals surface area contributed by atoms with Crippen molar-refractivity contribution in [2.24, 2.45) is 0 Å². The number of nitrogens with zero attached hydrogens (tertiary/aromatic N) is 7. The molecule has 0 saturated carbocycles. The van der Waals surface area contributed by atoms with Gasteiger partial charge in [0.2, 0.25) is 5.95 Å². The Morgan fingerprint density at radius 2 is 1.98 bits per heavy atom. The third-order valence-electron chi connectivity index (χ3n) is 9.74. The van der Waals surface area contributed by atoms with Crippen molar-refractivity contribution in [2.45, 2.75) is 76.3 Å². The largest absolute Gasteiger partial charge is 0.416 e. The van der Waals surface area contributed by atoms with E-state index in [1.807, 2.05) is 17.9 Å². The van der Waals surface area contributed by atoms with Crippen LogP contribution in [0.4, 0.5) is 21.8 Å². The molecule has 0 amide bonds. The van der Waals surface area contributed by atoms with E-state index in [1.165, 1.54) is 7.41 Å². The summed E-state index contributed by atoms with van der Waals surface area (Å²) in [5.41, 5.74) is 1.51. The molecule has 1 N–H and O–H groups in total. The molecule has 4 heterocycles. The highest BCUT2D eigenvalue weighted by Crippen LogP contribution is 2.46. The Balaban J connectivity index is 1.46. The lowest BCUT2D eigenvalue weighted by Gasteiger charge is -2.39. The fourth-order valence-electron chi connectivity index (χ4n) is 5.80. The predicted octanol–water partition coefficient (Wildman–Crippen LogP) is 5.95. The first-order chi connectivity index (χ1) is 21.6. The lowest BCUT2D eigenvalue weighted by atomic mass is 9.83. The molecule has 5 rings (SSSR count). The van der Waals surface area contributed by atoms with Crippen molar-refractivity contribution in [3.05, 3.63) is 46.7 Å². The maximum absolute atomic E-state index is 15.7. The number of rotatable bonds is 10. The van der Waals surface area contributed by atoms with E-state index in [-0.39, 0.29) is 22.7 Å². The van der Waals surface area contributed by atoms with Gasteiger partial charge in [0, 0.05) is 55.2 Å². The number of alkyl halides is 1. The number of nitriles is 1. The van der Waals surface area contributed by atoms with Crippen LogP contribution in [0.3, 0.4) is 0 Å². The normalized spacial score (nSPS) is 19.9. The molecule has 0 bridgehead atoms. The lowest BCUT2D eigenvalue weighted by molar-refractivity contribution is 0.0505. The van der Waals surface area contributed by atoms with Crippen molar-refractivity contribution in [1.82, 2.24) is 24.6 Å². The highest BCUT2D eigenvalue weighted by molar-refractivity contribution is 6.74. The first-order valence-electron chi connectivity index (χ1n) is 15.6. The molecule has 1 fully saturated rings. The van der Waals surface area contributed by atoms with Crippen LogP contribution in [-0.2, 0) is 21.2 Å². The Morgan fingerprint density at radius 3 is 2.63 bits per heavy atom. The van der Waals surface area contributed by atoms with Gasteiger partial charge in [-0.05, 0) is 61.8 Å². The number of hydrogen-bond donors (Lipinski definition) is 1. The zero-order valence-electron chi connectivity index (χ0n) is 27.7. The van der Waals surface area contributed by atoms with Crippen molar-refractivity contribution in [3.8, 4) is 17.3 Å². The standard InChI is InChI=1S/C32H42BClFN8O2Si/c1-30(2,3)46(6,7)45-20-31(4)18-42(33-21-44)28-23(17-36)14-22(15-24(28)31)25-8-11-37-29(38-25)39-27-16-26(34)40-43(27)19-32(35)9-12-41(5)13-10-32/h8,11,14-16,21H,9-10,12-13,18-20H2,1-7H3,(H,37,38,39)/t31-/m1/s1. The molecular weight excluding hydrogens is 622 g/mol. The summed E-state index contributed by atoms with van der Waals surface area (Å²) < 4.78 is 23.9. The Morgan fingerprint density at radius 1 is 1.26 bits per heavy atom. The molecule has 1 radical (unpaired) electrons. The number of hydrogen-bond acceptors (Lipinski definition) is 9. The number of nitrogens with one attached hydrogen (secondary N) is 1. The van der Waals surface area contributed by atoms with Crippen LogP contribution in [0.15, 0.2) is 30.5 Å². The molecule has 2 aromatic heterocycles. The van der Waals surface area contributed by atoms with E-state index >= 15 is 4.39 Å². The highest BCUT2D eigenvalue weighted by Gasteiger charge is 2.45. The third-order valence-corrected chi connectivity index (χ3v) is 14.4. The van der Waals surface area contributed by atoms with Gasteiger partial charge in [-0.3, -0.25) is 0 Å². The number of likely N-dealkylation sites (tertiary alicyclic amines) is 1. The van der Waals surface area contributed by atoms with Gasteiger partial charge >= 0.3 is 7.41 Å². The minimum Gasteiger partial charge on any atom is -0.416 e. The molecule has 3 aromatic rings. The summed E-state index contributed by atoms with van der Waals surface area (Å²) in [5, 5.41) is 18.0. The van der Waals surface area contributed by atoms with Crippen LogP contribution >= 0.6 is 11.6 Å². The molecule has 0 spiro atoms. The number of carbonyl (C=O) groups excluding carboxylic acids is 1. The minimum atomic E-state index is -2.08. The van der Waals surface area contributed by atoms with Crippen LogP contribution in [0.1, 0.15) is 51.7 Å². The maximum atomic E-state index is 15.7. The Labute approximate surface area is 277 Å². The van der Waals surface area contributed by atoms with Crippen LogP contribution < -0.4 is 10.1 Å². The van der Waals surface area contributed by atoms with Crippen molar-refractivity contribution in [2.75, 3.05) is 43.4 Å². The second kappa shape index (κ2) is 12.7. The summed E-state index contributed by atoms with van der Waals surface area (Å²) in [7, 11) is 1.38. The molecule has 2 aliphatic rings. The van der Waals surface area contributed by atoms with Crippen LogP contribution in [0.2, 0.25) is 23.3 Å². The zero-order chi connectivity index (χ0) is 33.5. The van der Waals surface area contributed by atoms with Gasteiger partial charge in [0.1, 0.15) is 23.7 Å². The van der Waals surface area contributed by atoms with Crippen LogP contribution in [0.5, 0.6) is 0 Å². The molecule has 0 unspecified atom stereocenters. The number of anilines is 3. The van der Waals surface area contributed by atoms with E-state index in [4.69, 9.17) is 21.0 Å². The van der Waals surface area contributed by atoms with E-state index in [0.717, 1.165) is 17.3 Å². The van der Waals surface area contributed by atoms with Crippen LogP contribution in [0.25, 0.3) is 11.3 Å². The monoisotopic (exact) mass is 663 g/mol. The van der Waals surface area contributed by atoms with E-state index < -0.39 is 19.4 Å². The van der Waals surface area contributed by atoms with E-state index in [9.17, 15) is 10.1 Å². The number of halogens is 2. The topological polar surface area (TPSA) is 112 Å². The minimum absolute atomic E-state index is 0.0287. The maximum Gasteiger partial charge on any atom is 0.329 e. The predicted molar refractivity (Wildman–Crippen MR) is 184 cm³/mol. The van der Waals surface area contributed by atoms with Crippen LogP contribution in [-0.4, -0.2) is 85.5 Å². The zero-order valence-corrected chi connectivity index (χ0v) is 29.5. The fraction of sp³-hybridized carbons (Fsp3) is 0.531. The lowest BCUT2D eigenvalue weighted by Crippen LogP contribution is -2.46. The Bertz CT molecular complexity index is 1650. The highest BCUT2D eigenvalue weighted by atomic mass is 35.5. The molecule has 2 aliphatic heterocycles. The summed E-state index contributed by atoms with van der Waals surface area (Å²) in [5.74, 6) is 0.769. The number of carbonyl (C=O) groups is 1. The van der Waals surface area contributed by atoms with E-state index in [2.05, 4.69) is 67.2 Å². The van der Waals surface area contributed by atoms with Crippen molar-refractivity contribution in [1.29, 1.82) is 5.26 Å². The molecule has 46 heavy (non-hydrogen) atoms. The Kier molecular flexibility index (Phi) is 9.41.